The normalized spacial score (nSPS) is 21.7. The molecule has 3 aromatic heterocycles. The predicted octanol–water partition coefficient (Wildman–Crippen LogP) is 1.80. The molecule has 0 bridgehead atoms. The van der Waals surface area contributed by atoms with E-state index < -0.39 is 5.82 Å². The molecule has 0 saturated carbocycles. The average Bonchev–Trinajstić information content (AvgIpc) is 3.53. The lowest BCUT2D eigenvalue weighted by Crippen LogP contribution is -2.38. The lowest BCUT2D eigenvalue weighted by atomic mass is 9.92. The Bertz CT molecular complexity index is 1220. The van der Waals surface area contributed by atoms with Gasteiger partial charge in [0.25, 0.3) is 5.56 Å². The van der Waals surface area contributed by atoms with Crippen molar-refractivity contribution < 1.29 is 13.7 Å². The van der Waals surface area contributed by atoms with Crippen LogP contribution in [0.25, 0.3) is 0 Å². The Hall–Kier alpha value is -3.54. The third kappa shape index (κ3) is 5.03. The highest BCUT2D eigenvalue weighted by Crippen LogP contribution is 2.28. The fraction of sp³-hybridized carbons (Fsp3) is 0.542. The highest BCUT2D eigenvalue weighted by atomic mass is 19.1. The van der Waals surface area contributed by atoms with Crippen molar-refractivity contribution in [2.24, 2.45) is 11.7 Å². The summed E-state index contributed by atoms with van der Waals surface area (Å²) >= 11 is 0. The zero-order chi connectivity index (χ0) is 25.2. The summed E-state index contributed by atoms with van der Waals surface area (Å²) in [6, 6.07) is 2.24. The Kier molecular flexibility index (Phi) is 6.86. The van der Waals surface area contributed by atoms with Crippen LogP contribution in [0, 0.1) is 11.7 Å². The van der Waals surface area contributed by atoms with Crippen molar-refractivity contribution in [1.29, 1.82) is 0 Å². The average molecular weight is 499 g/mol. The van der Waals surface area contributed by atoms with E-state index in [0.717, 1.165) is 44.2 Å². The topological polar surface area (TPSA) is 128 Å². The second kappa shape index (κ2) is 10.2. The molecule has 0 unspecified atom stereocenters. The van der Waals surface area contributed by atoms with Crippen molar-refractivity contribution in [3.05, 3.63) is 52.7 Å². The van der Waals surface area contributed by atoms with Gasteiger partial charge < -0.3 is 29.4 Å². The largest absolute Gasteiger partial charge is 0.487 e. The molecule has 11 nitrogen and oxygen atoms in total. The van der Waals surface area contributed by atoms with Gasteiger partial charge in [0.1, 0.15) is 5.82 Å². The number of aryl methyl sites for hydroxylation is 1. The SMILES string of the molecule is CCc1noc(N2CCC([C@H](C)Oc3cnc(N4C[C@@H](N)[C@H](n5cc(F)ccc5=O)C4)nc3)CC2)n1. The van der Waals surface area contributed by atoms with Crippen LogP contribution in [0.2, 0.25) is 0 Å². The van der Waals surface area contributed by atoms with Crippen LogP contribution in [-0.4, -0.2) is 63.0 Å². The van der Waals surface area contributed by atoms with Crippen LogP contribution in [0.5, 0.6) is 5.75 Å². The minimum absolute atomic E-state index is 0.0000652. The third-order valence-corrected chi connectivity index (χ3v) is 7.06. The molecule has 12 heteroatoms. The number of rotatable bonds is 7. The second-order valence-electron chi connectivity index (χ2n) is 9.44. The van der Waals surface area contributed by atoms with Crippen molar-refractivity contribution >= 4 is 12.0 Å². The number of nitrogens with zero attached hydrogens (tertiary/aromatic N) is 7. The Balaban J connectivity index is 1.15. The van der Waals surface area contributed by atoms with Gasteiger partial charge in [0.15, 0.2) is 11.6 Å². The molecule has 2 fully saturated rings. The zero-order valence-corrected chi connectivity index (χ0v) is 20.5. The van der Waals surface area contributed by atoms with Crippen LogP contribution in [-0.2, 0) is 6.42 Å². The van der Waals surface area contributed by atoms with E-state index in [1.54, 1.807) is 12.4 Å². The van der Waals surface area contributed by atoms with E-state index in [1.807, 2.05) is 11.8 Å². The molecule has 0 spiro atoms. The van der Waals surface area contributed by atoms with Gasteiger partial charge in [-0.3, -0.25) is 4.79 Å². The summed E-state index contributed by atoms with van der Waals surface area (Å²) in [5.41, 5.74) is 5.98. The van der Waals surface area contributed by atoms with Crippen LogP contribution in [0.3, 0.4) is 0 Å². The molecule has 2 aliphatic rings. The summed E-state index contributed by atoms with van der Waals surface area (Å²) in [6.07, 6.45) is 7.18. The maximum atomic E-state index is 13.7. The number of halogens is 1. The molecule has 2 saturated heterocycles. The van der Waals surface area contributed by atoms with Gasteiger partial charge in [-0.05, 0) is 31.7 Å². The molecule has 2 aliphatic heterocycles. The summed E-state index contributed by atoms with van der Waals surface area (Å²) in [5, 5.41) is 3.98. The van der Waals surface area contributed by atoms with Gasteiger partial charge in [0.2, 0.25) is 5.95 Å². The van der Waals surface area contributed by atoms with E-state index in [4.69, 9.17) is 15.0 Å². The maximum absolute atomic E-state index is 13.7. The van der Waals surface area contributed by atoms with E-state index in [2.05, 4.69) is 31.9 Å². The van der Waals surface area contributed by atoms with Crippen LogP contribution < -0.4 is 25.8 Å². The number of hydrogen-bond donors (Lipinski definition) is 1. The number of nitrogens with two attached hydrogens (primary N) is 1. The molecule has 5 heterocycles. The Morgan fingerprint density at radius 1 is 1.19 bits per heavy atom. The van der Waals surface area contributed by atoms with Crippen LogP contribution in [0.1, 0.15) is 38.6 Å². The quantitative estimate of drug-likeness (QED) is 0.515. The van der Waals surface area contributed by atoms with Gasteiger partial charge in [-0.1, -0.05) is 12.1 Å². The molecular formula is C24H31FN8O3. The maximum Gasteiger partial charge on any atom is 0.324 e. The van der Waals surface area contributed by atoms with Crippen LogP contribution >= 0.6 is 0 Å². The lowest BCUT2D eigenvalue weighted by molar-refractivity contribution is 0.131. The molecule has 2 N–H and O–H groups in total. The van der Waals surface area contributed by atoms with Crippen molar-refractivity contribution in [3.8, 4) is 5.75 Å². The van der Waals surface area contributed by atoms with E-state index in [1.165, 1.54) is 16.8 Å². The zero-order valence-electron chi connectivity index (χ0n) is 20.5. The lowest BCUT2D eigenvalue weighted by Gasteiger charge is -2.33. The molecule has 36 heavy (non-hydrogen) atoms. The minimum atomic E-state index is -0.474. The minimum Gasteiger partial charge on any atom is -0.487 e. The van der Waals surface area contributed by atoms with E-state index >= 15 is 0 Å². The smallest absolute Gasteiger partial charge is 0.324 e. The summed E-state index contributed by atoms with van der Waals surface area (Å²) in [6.45, 7) is 6.62. The molecular weight excluding hydrogens is 467 g/mol. The molecule has 0 radical (unpaired) electrons. The van der Waals surface area contributed by atoms with E-state index in [-0.39, 0.29) is 23.7 Å². The highest BCUT2D eigenvalue weighted by Gasteiger charge is 2.34. The fourth-order valence-corrected chi connectivity index (χ4v) is 4.93. The third-order valence-electron chi connectivity index (χ3n) is 7.06. The molecule has 0 aliphatic carbocycles. The number of aromatic nitrogens is 5. The molecule has 0 aromatic carbocycles. The Morgan fingerprint density at radius 2 is 1.94 bits per heavy atom. The first kappa shape index (κ1) is 24.2. The van der Waals surface area contributed by atoms with Crippen LogP contribution in [0.4, 0.5) is 16.4 Å². The van der Waals surface area contributed by atoms with Gasteiger partial charge in [0.05, 0.1) is 24.5 Å². The number of anilines is 2. The number of ether oxygens (including phenoxy) is 1. The van der Waals surface area contributed by atoms with Gasteiger partial charge in [-0.15, -0.1) is 0 Å². The second-order valence-corrected chi connectivity index (χ2v) is 9.44. The van der Waals surface area contributed by atoms with Crippen molar-refractivity contribution in [1.82, 2.24) is 24.7 Å². The highest BCUT2D eigenvalue weighted by molar-refractivity contribution is 5.35. The monoisotopic (exact) mass is 498 g/mol. The van der Waals surface area contributed by atoms with Crippen molar-refractivity contribution in [3.63, 3.8) is 0 Å². The standard InChI is InChI=1S/C24H31FN8O3/c1-3-21-29-24(36-30-21)31-8-6-16(7-9-31)15(2)35-18-10-27-23(28-11-18)32-13-19(26)20(14-32)33-12-17(25)4-5-22(33)34/h4-5,10-12,15-16,19-20H,3,6-9,13-14,26H2,1-2H3/t15-,19+,20+/m0/s1. The molecule has 3 aromatic rings. The van der Waals surface area contributed by atoms with Gasteiger partial charge in [-0.2, -0.15) is 4.98 Å². The fourth-order valence-electron chi connectivity index (χ4n) is 4.93. The summed E-state index contributed by atoms with van der Waals surface area (Å²) < 4.78 is 26.5. The van der Waals surface area contributed by atoms with E-state index in [9.17, 15) is 9.18 Å². The van der Waals surface area contributed by atoms with Gasteiger partial charge in [0, 0.05) is 50.9 Å². The Labute approximate surface area is 208 Å². The Morgan fingerprint density at radius 3 is 2.64 bits per heavy atom. The molecule has 3 atom stereocenters. The summed E-state index contributed by atoms with van der Waals surface area (Å²) in [4.78, 5) is 29.6. The number of piperidine rings is 1. The van der Waals surface area contributed by atoms with Gasteiger partial charge in [-0.25, -0.2) is 14.4 Å². The summed E-state index contributed by atoms with van der Waals surface area (Å²) in [7, 11) is 0. The molecule has 192 valence electrons. The van der Waals surface area contributed by atoms with Crippen molar-refractivity contribution in [2.45, 2.75) is 51.3 Å². The molecule has 5 rings (SSSR count). The van der Waals surface area contributed by atoms with E-state index in [0.29, 0.717) is 36.7 Å². The predicted molar refractivity (Wildman–Crippen MR) is 131 cm³/mol. The molecule has 0 amide bonds. The number of pyridine rings is 1. The number of hydrogen-bond acceptors (Lipinski definition) is 10. The first-order valence-electron chi connectivity index (χ1n) is 12.4. The summed E-state index contributed by atoms with van der Waals surface area (Å²) in [5.74, 6) is 1.73. The first-order chi connectivity index (χ1) is 17.4. The van der Waals surface area contributed by atoms with Gasteiger partial charge >= 0.3 is 6.01 Å². The van der Waals surface area contributed by atoms with Crippen LogP contribution in [0.15, 0.2) is 40.0 Å². The van der Waals surface area contributed by atoms with Crippen molar-refractivity contribution in [2.75, 3.05) is 36.0 Å². The first-order valence-corrected chi connectivity index (χ1v) is 12.4.